The molecule has 3 heteroatoms. The van der Waals surface area contributed by atoms with Gasteiger partial charge in [-0.2, -0.15) is 0 Å². The van der Waals surface area contributed by atoms with E-state index in [9.17, 15) is 4.79 Å². The number of carbonyl (C=O) groups is 1. The van der Waals surface area contributed by atoms with Gasteiger partial charge in [-0.15, -0.1) is 0 Å². The third kappa shape index (κ3) is 6.83. The normalized spacial score (nSPS) is 12.2. The summed E-state index contributed by atoms with van der Waals surface area (Å²) in [4.78, 5) is 11.4. The summed E-state index contributed by atoms with van der Waals surface area (Å²) >= 11 is 5.60. The average molecular weight is 325 g/mol. The summed E-state index contributed by atoms with van der Waals surface area (Å²) in [5, 5.41) is -0.428. The molecule has 124 valence electrons. The Kier molecular flexibility index (Phi) is 9.22. The molecular weight excluding hydrogens is 296 g/mol. The van der Waals surface area contributed by atoms with Gasteiger partial charge in [0.05, 0.1) is 7.11 Å². The second-order valence-corrected chi connectivity index (χ2v) is 6.42. The average Bonchev–Trinajstić information content (AvgIpc) is 2.53. The van der Waals surface area contributed by atoms with E-state index in [1.807, 2.05) is 12.1 Å². The maximum Gasteiger partial charge on any atom is 0.252 e. The Morgan fingerprint density at radius 3 is 2.32 bits per heavy atom. The highest BCUT2D eigenvalue weighted by Gasteiger charge is 2.11. The number of unbranched alkanes of at least 4 members (excludes halogenated alkanes) is 6. The van der Waals surface area contributed by atoms with Crippen molar-refractivity contribution < 1.29 is 9.53 Å². The first-order valence-electron chi connectivity index (χ1n) is 8.47. The molecule has 0 aromatic heterocycles. The van der Waals surface area contributed by atoms with E-state index in [4.69, 9.17) is 16.3 Å². The monoisotopic (exact) mass is 324 g/mol. The number of carbonyl (C=O) groups excluding carboxylic acids is 1. The number of benzene rings is 1. The SMILES string of the molecule is CCCCCCCCC[C@H](C)c1cc(OC)cc(C(=O)Cl)c1. The highest BCUT2D eigenvalue weighted by atomic mass is 35.5. The molecule has 0 unspecified atom stereocenters. The molecule has 0 saturated heterocycles. The molecule has 0 aliphatic rings. The van der Waals surface area contributed by atoms with Crippen LogP contribution in [0.5, 0.6) is 5.75 Å². The van der Waals surface area contributed by atoms with Crippen LogP contribution in [-0.2, 0) is 0 Å². The first-order chi connectivity index (χ1) is 10.6. The molecule has 1 aromatic carbocycles. The van der Waals surface area contributed by atoms with Crippen LogP contribution in [0.2, 0.25) is 0 Å². The number of rotatable bonds is 11. The molecule has 0 saturated carbocycles. The Bertz CT molecular complexity index is 457. The maximum absolute atomic E-state index is 11.4. The van der Waals surface area contributed by atoms with Gasteiger partial charge in [0.15, 0.2) is 0 Å². The third-order valence-electron chi connectivity index (χ3n) is 4.20. The van der Waals surface area contributed by atoms with Gasteiger partial charge in [-0.25, -0.2) is 0 Å². The van der Waals surface area contributed by atoms with Crippen LogP contribution in [0.4, 0.5) is 0 Å². The number of hydrogen-bond donors (Lipinski definition) is 0. The Balaban J connectivity index is 2.46. The lowest BCUT2D eigenvalue weighted by Crippen LogP contribution is -1.99. The van der Waals surface area contributed by atoms with Crippen LogP contribution in [0, 0.1) is 0 Å². The Morgan fingerprint density at radius 1 is 1.09 bits per heavy atom. The summed E-state index contributed by atoms with van der Waals surface area (Å²) in [5.74, 6) is 1.12. The molecule has 1 rings (SSSR count). The summed E-state index contributed by atoms with van der Waals surface area (Å²) in [7, 11) is 1.61. The summed E-state index contributed by atoms with van der Waals surface area (Å²) in [5.41, 5.74) is 1.65. The zero-order chi connectivity index (χ0) is 16.4. The number of halogens is 1. The van der Waals surface area contributed by atoms with Crippen LogP contribution in [0.1, 0.15) is 87.1 Å². The summed E-state index contributed by atoms with van der Waals surface area (Å²) in [6, 6.07) is 5.60. The molecule has 0 spiro atoms. The van der Waals surface area contributed by atoms with Crippen LogP contribution in [0.25, 0.3) is 0 Å². The summed E-state index contributed by atoms with van der Waals surface area (Å²) in [6.07, 6.45) is 10.4. The van der Waals surface area contributed by atoms with Crippen molar-refractivity contribution in [3.05, 3.63) is 29.3 Å². The largest absolute Gasteiger partial charge is 0.497 e. The lowest BCUT2D eigenvalue weighted by Gasteiger charge is -2.14. The van der Waals surface area contributed by atoms with Crippen molar-refractivity contribution in [3.8, 4) is 5.75 Å². The van der Waals surface area contributed by atoms with E-state index in [2.05, 4.69) is 13.8 Å². The number of methoxy groups -OCH3 is 1. The summed E-state index contributed by atoms with van der Waals surface area (Å²) in [6.45, 7) is 4.45. The van der Waals surface area contributed by atoms with Gasteiger partial charge in [-0.3, -0.25) is 4.79 Å². The van der Waals surface area contributed by atoms with Crippen molar-refractivity contribution in [1.82, 2.24) is 0 Å². The zero-order valence-electron chi connectivity index (χ0n) is 14.2. The fourth-order valence-corrected chi connectivity index (χ4v) is 2.82. The Labute approximate surface area is 140 Å². The van der Waals surface area contributed by atoms with Gasteiger partial charge >= 0.3 is 0 Å². The minimum atomic E-state index is -0.428. The highest BCUT2D eigenvalue weighted by Crippen LogP contribution is 2.27. The van der Waals surface area contributed by atoms with Crippen molar-refractivity contribution in [2.45, 2.75) is 71.1 Å². The molecule has 0 aliphatic carbocycles. The first-order valence-corrected chi connectivity index (χ1v) is 8.85. The quantitative estimate of drug-likeness (QED) is 0.351. The predicted octanol–water partition coefficient (Wildman–Crippen LogP) is 6.32. The second-order valence-electron chi connectivity index (χ2n) is 6.08. The Hall–Kier alpha value is -1.02. The fourth-order valence-electron chi connectivity index (χ4n) is 2.71. The van der Waals surface area contributed by atoms with E-state index >= 15 is 0 Å². The van der Waals surface area contributed by atoms with Crippen molar-refractivity contribution in [3.63, 3.8) is 0 Å². The third-order valence-corrected chi connectivity index (χ3v) is 4.42. The summed E-state index contributed by atoms with van der Waals surface area (Å²) < 4.78 is 5.27. The topological polar surface area (TPSA) is 26.3 Å². The van der Waals surface area contributed by atoms with E-state index < -0.39 is 5.24 Å². The Morgan fingerprint density at radius 2 is 1.73 bits per heavy atom. The van der Waals surface area contributed by atoms with Crippen LogP contribution < -0.4 is 4.74 Å². The molecule has 22 heavy (non-hydrogen) atoms. The minimum Gasteiger partial charge on any atom is -0.497 e. The van der Waals surface area contributed by atoms with E-state index in [0.29, 0.717) is 17.2 Å². The first kappa shape index (κ1) is 19.0. The number of ether oxygens (including phenoxy) is 1. The van der Waals surface area contributed by atoms with Crippen molar-refractivity contribution in [1.29, 1.82) is 0 Å². The molecule has 1 atom stereocenters. The molecule has 0 amide bonds. The molecule has 1 aromatic rings. The molecule has 0 N–H and O–H groups in total. The van der Waals surface area contributed by atoms with Crippen LogP contribution in [0.15, 0.2) is 18.2 Å². The van der Waals surface area contributed by atoms with E-state index in [1.165, 1.54) is 44.9 Å². The van der Waals surface area contributed by atoms with Gasteiger partial charge < -0.3 is 4.74 Å². The van der Waals surface area contributed by atoms with Gasteiger partial charge in [0, 0.05) is 5.56 Å². The van der Waals surface area contributed by atoms with Crippen molar-refractivity contribution >= 4 is 16.8 Å². The van der Waals surface area contributed by atoms with Crippen molar-refractivity contribution in [2.24, 2.45) is 0 Å². The smallest absolute Gasteiger partial charge is 0.252 e. The lowest BCUT2D eigenvalue weighted by molar-refractivity contribution is 0.108. The van der Waals surface area contributed by atoms with E-state index in [1.54, 1.807) is 13.2 Å². The van der Waals surface area contributed by atoms with Crippen LogP contribution in [-0.4, -0.2) is 12.4 Å². The lowest BCUT2D eigenvalue weighted by atomic mass is 9.93. The zero-order valence-corrected chi connectivity index (χ0v) is 14.9. The predicted molar refractivity (Wildman–Crippen MR) is 94.2 cm³/mol. The number of hydrogen-bond acceptors (Lipinski definition) is 2. The van der Waals surface area contributed by atoms with Gasteiger partial charge in [0.25, 0.3) is 5.24 Å². The standard InChI is InChI=1S/C19H29ClO2/c1-4-5-6-7-8-9-10-11-15(2)16-12-17(19(20)21)14-18(13-16)22-3/h12-15H,4-11H2,1-3H3/t15-/m0/s1. The maximum atomic E-state index is 11.4. The molecule has 0 aliphatic heterocycles. The van der Waals surface area contributed by atoms with Gasteiger partial charge in [0.2, 0.25) is 0 Å². The van der Waals surface area contributed by atoms with Crippen LogP contribution in [0.3, 0.4) is 0 Å². The van der Waals surface area contributed by atoms with Crippen LogP contribution >= 0.6 is 11.6 Å². The highest BCUT2D eigenvalue weighted by molar-refractivity contribution is 6.67. The van der Waals surface area contributed by atoms with Gasteiger partial charge in [-0.1, -0.05) is 58.8 Å². The molecule has 0 bridgehead atoms. The van der Waals surface area contributed by atoms with Gasteiger partial charge in [-0.05, 0) is 47.7 Å². The molecular formula is C19H29ClO2. The molecule has 2 nitrogen and oxygen atoms in total. The van der Waals surface area contributed by atoms with Crippen molar-refractivity contribution in [2.75, 3.05) is 7.11 Å². The van der Waals surface area contributed by atoms with E-state index in [-0.39, 0.29) is 0 Å². The molecule has 0 fully saturated rings. The second kappa shape index (κ2) is 10.7. The minimum absolute atomic E-state index is 0.417. The molecule has 0 heterocycles. The van der Waals surface area contributed by atoms with Gasteiger partial charge in [0.1, 0.15) is 5.75 Å². The molecule has 0 radical (unpaired) electrons. The fraction of sp³-hybridized carbons (Fsp3) is 0.632. The van der Waals surface area contributed by atoms with E-state index in [0.717, 1.165) is 12.0 Å².